The van der Waals surface area contributed by atoms with Gasteiger partial charge in [-0.25, -0.2) is 4.79 Å². The lowest BCUT2D eigenvalue weighted by atomic mass is 10.1. The Bertz CT molecular complexity index is 781. The first kappa shape index (κ1) is 20.5. The lowest BCUT2D eigenvalue weighted by Crippen LogP contribution is -2.46. The number of imide groups is 1. The molecule has 0 aromatic heterocycles. The highest BCUT2D eigenvalue weighted by molar-refractivity contribution is 8.00. The van der Waals surface area contributed by atoms with E-state index in [0.29, 0.717) is 0 Å². The van der Waals surface area contributed by atoms with Crippen LogP contribution in [0.4, 0.5) is 4.79 Å². The molecule has 2 atom stereocenters. The summed E-state index contributed by atoms with van der Waals surface area (Å²) in [5, 5.41) is 1.32. The van der Waals surface area contributed by atoms with Gasteiger partial charge < -0.3 is 10.5 Å². The summed E-state index contributed by atoms with van der Waals surface area (Å²) in [6.45, 7) is 3.45. The molecule has 0 aliphatic heterocycles. The van der Waals surface area contributed by atoms with Crippen LogP contribution in [-0.4, -0.2) is 24.0 Å². The van der Waals surface area contributed by atoms with Crippen LogP contribution >= 0.6 is 11.8 Å². The van der Waals surface area contributed by atoms with Crippen LogP contribution in [0.2, 0.25) is 0 Å². The second kappa shape index (κ2) is 9.78. The number of nitrogens with one attached hydrogen (secondary N) is 1. The second-order valence-corrected chi connectivity index (χ2v) is 7.36. The lowest BCUT2D eigenvalue weighted by Gasteiger charge is -2.23. The quantitative estimate of drug-likeness (QED) is 0.562. The van der Waals surface area contributed by atoms with Crippen molar-refractivity contribution in [2.24, 2.45) is 11.7 Å². The smallest absolute Gasteiger partial charge is 0.324 e. The number of nitrogens with two attached hydrogens (primary N) is 1. The molecular weight excluding hydrogens is 364 g/mol. The molecule has 0 fully saturated rings. The molecular formula is C20H22N2O4S. The molecule has 27 heavy (non-hydrogen) atoms. The van der Waals surface area contributed by atoms with E-state index in [1.165, 1.54) is 11.8 Å². The number of hydrogen-bond acceptors (Lipinski definition) is 5. The largest absolute Gasteiger partial charge is 0.451 e. The summed E-state index contributed by atoms with van der Waals surface area (Å²) >= 11 is 1.33. The molecule has 6 nitrogen and oxygen atoms in total. The fourth-order valence-corrected chi connectivity index (χ4v) is 3.42. The second-order valence-electron chi connectivity index (χ2n) is 6.18. The Balaban J connectivity index is 2.24. The summed E-state index contributed by atoms with van der Waals surface area (Å²) in [5.74, 6) is -1.62. The topological polar surface area (TPSA) is 98.5 Å². The first-order chi connectivity index (χ1) is 12.9. The predicted octanol–water partition coefficient (Wildman–Crippen LogP) is 3.28. The highest BCUT2D eigenvalue weighted by Crippen LogP contribution is 2.36. The van der Waals surface area contributed by atoms with Gasteiger partial charge in [0.2, 0.25) is 0 Å². The number of amides is 3. The Morgan fingerprint density at radius 2 is 1.52 bits per heavy atom. The number of primary amides is 1. The molecule has 0 bridgehead atoms. The SMILES string of the molecule is CC(C)[C@@H](OC(=O)[C@H](Sc1ccccc1)c1ccccc1)C(=O)NC(N)=O. The average molecular weight is 386 g/mol. The number of benzene rings is 2. The van der Waals surface area contributed by atoms with Gasteiger partial charge in [0, 0.05) is 4.90 Å². The van der Waals surface area contributed by atoms with Crippen molar-refractivity contribution in [1.29, 1.82) is 0 Å². The maximum atomic E-state index is 12.9. The van der Waals surface area contributed by atoms with Crippen molar-refractivity contribution in [3.05, 3.63) is 66.2 Å². The maximum absolute atomic E-state index is 12.9. The van der Waals surface area contributed by atoms with Crippen molar-refractivity contribution in [2.45, 2.75) is 30.1 Å². The minimum atomic E-state index is -1.12. The zero-order valence-corrected chi connectivity index (χ0v) is 15.9. The third-order valence-electron chi connectivity index (χ3n) is 3.67. The summed E-state index contributed by atoms with van der Waals surface area (Å²) in [4.78, 5) is 36.9. The monoisotopic (exact) mass is 386 g/mol. The fraction of sp³-hybridized carbons (Fsp3) is 0.250. The van der Waals surface area contributed by atoms with Crippen LogP contribution in [0.15, 0.2) is 65.6 Å². The average Bonchev–Trinajstić information content (AvgIpc) is 2.64. The van der Waals surface area contributed by atoms with Crippen molar-refractivity contribution in [3.63, 3.8) is 0 Å². The maximum Gasteiger partial charge on any atom is 0.324 e. The van der Waals surface area contributed by atoms with Crippen molar-refractivity contribution in [2.75, 3.05) is 0 Å². The third kappa shape index (κ3) is 6.14. The molecule has 0 saturated heterocycles. The van der Waals surface area contributed by atoms with Gasteiger partial charge in [0.05, 0.1) is 0 Å². The minimum Gasteiger partial charge on any atom is -0.451 e. The molecule has 0 unspecified atom stereocenters. The van der Waals surface area contributed by atoms with E-state index in [1.54, 1.807) is 13.8 Å². The Kier molecular flexibility index (Phi) is 7.43. The molecule has 3 N–H and O–H groups in total. The lowest BCUT2D eigenvalue weighted by molar-refractivity contribution is -0.157. The van der Waals surface area contributed by atoms with Crippen LogP contribution in [0.25, 0.3) is 0 Å². The van der Waals surface area contributed by atoms with Gasteiger partial charge >= 0.3 is 12.0 Å². The number of thioether (sulfide) groups is 1. The number of esters is 1. The Hall–Kier alpha value is -2.80. The first-order valence-corrected chi connectivity index (χ1v) is 9.34. The first-order valence-electron chi connectivity index (χ1n) is 8.46. The van der Waals surface area contributed by atoms with E-state index in [-0.39, 0.29) is 5.92 Å². The molecule has 0 aliphatic carbocycles. The van der Waals surface area contributed by atoms with Crippen molar-refractivity contribution in [1.82, 2.24) is 5.32 Å². The molecule has 2 rings (SSSR count). The van der Waals surface area contributed by atoms with Crippen molar-refractivity contribution < 1.29 is 19.1 Å². The Labute approximate surface area is 162 Å². The van der Waals surface area contributed by atoms with Gasteiger partial charge in [-0.05, 0) is 23.6 Å². The highest BCUT2D eigenvalue weighted by Gasteiger charge is 2.32. The van der Waals surface area contributed by atoms with Gasteiger partial charge in [0.15, 0.2) is 6.10 Å². The van der Waals surface area contributed by atoms with Gasteiger partial charge in [-0.15, -0.1) is 11.8 Å². The van der Waals surface area contributed by atoms with Crippen LogP contribution in [0.1, 0.15) is 24.7 Å². The standard InChI is InChI=1S/C20H22N2O4S/c1-13(2)16(18(23)22-20(21)25)26-19(24)17(14-9-5-3-6-10-14)27-15-11-7-4-8-12-15/h3-13,16-17H,1-2H3,(H3,21,22,23,25)/t16-,17-/m1/s1. The van der Waals surface area contributed by atoms with E-state index in [9.17, 15) is 14.4 Å². The summed E-state index contributed by atoms with van der Waals surface area (Å²) in [6, 6.07) is 17.6. The number of urea groups is 1. The van der Waals surface area contributed by atoms with Crippen LogP contribution < -0.4 is 11.1 Å². The Morgan fingerprint density at radius 3 is 2.04 bits per heavy atom. The summed E-state index contributed by atoms with van der Waals surface area (Å²) in [6.07, 6.45) is -1.12. The van der Waals surface area contributed by atoms with Crippen molar-refractivity contribution in [3.8, 4) is 0 Å². The van der Waals surface area contributed by atoms with E-state index < -0.39 is 29.3 Å². The molecule has 2 aromatic carbocycles. The molecule has 142 valence electrons. The number of rotatable bonds is 7. The van der Waals surface area contributed by atoms with E-state index >= 15 is 0 Å². The van der Waals surface area contributed by atoms with E-state index in [4.69, 9.17) is 10.5 Å². The molecule has 0 spiro atoms. The van der Waals surface area contributed by atoms with Crippen LogP contribution in [-0.2, 0) is 14.3 Å². The van der Waals surface area contributed by atoms with Crippen molar-refractivity contribution >= 4 is 29.7 Å². The minimum absolute atomic E-state index is 0.327. The van der Waals surface area contributed by atoms with Gasteiger partial charge in [0.25, 0.3) is 5.91 Å². The van der Waals surface area contributed by atoms with E-state index in [2.05, 4.69) is 0 Å². The number of hydrogen-bond donors (Lipinski definition) is 2. The highest BCUT2D eigenvalue weighted by atomic mass is 32.2. The molecule has 7 heteroatoms. The van der Waals surface area contributed by atoms with Crippen LogP contribution in [0.5, 0.6) is 0 Å². The normalized spacial score (nSPS) is 12.9. The summed E-state index contributed by atoms with van der Waals surface area (Å²) < 4.78 is 5.48. The number of ether oxygens (including phenoxy) is 1. The van der Waals surface area contributed by atoms with Gasteiger partial charge in [0.1, 0.15) is 5.25 Å². The molecule has 2 aromatic rings. The van der Waals surface area contributed by atoms with E-state index in [0.717, 1.165) is 10.5 Å². The molecule has 0 heterocycles. The fourth-order valence-electron chi connectivity index (χ4n) is 2.39. The van der Waals surface area contributed by atoms with Crippen LogP contribution in [0, 0.1) is 5.92 Å². The Morgan fingerprint density at radius 1 is 0.963 bits per heavy atom. The molecule has 0 radical (unpaired) electrons. The predicted molar refractivity (Wildman–Crippen MR) is 104 cm³/mol. The zero-order valence-electron chi connectivity index (χ0n) is 15.1. The summed E-state index contributed by atoms with van der Waals surface area (Å²) in [7, 11) is 0. The van der Waals surface area contributed by atoms with Gasteiger partial charge in [-0.1, -0.05) is 62.4 Å². The number of carbonyl (C=O) groups excluding carboxylic acids is 3. The molecule has 0 saturated carbocycles. The zero-order chi connectivity index (χ0) is 19.8. The van der Waals surface area contributed by atoms with Gasteiger partial charge in [-0.3, -0.25) is 14.9 Å². The number of carbonyl (C=O) groups is 3. The third-order valence-corrected chi connectivity index (χ3v) is 4.91. The molecule has 3 amide bonds. The summed E-state index contributed by atoms with van der Waals surface area (Å²) in [5.41, 5.74) is 5.76. The van der Waals surface area contributed by atoms with Gasteiger partial charge in [-0.2, -0.15) is 0 Å². The molecule has 0 aliphatic rings. The van der Waals surface area contributed by atoms with Crippen LogP contribution in [0.3, 0.4) is 0 Å². The van der Waals surface area contributed by atoms with E-state index in [1.807, 2.05) is 66.0 Å².